The largest absolute Gasteiger partial charge is 0.481 e. The Kier molecular flexibility index (Phi) is 6.42. The topological polar surface area (TPSA) is 84.5 Å². The lowest BCUT2D eigenvalue weighted by atomic mass is 10.2. The van der Waals surface area contributed by atoms with Gasteiger partial charge in [0, 0.05) is 11.4 Å². The van der Waals surface area contributed by atoms with Crippen molar-refractivity contribution in [3.05, 3.63) is 83.9 Å². The molecule has 0 saturated carbocycles. The number of amides is 1. The van der Waals surface area contributed by atoms with Gasteiger partial charge >= 0.3 is 0 Å². The number of aryl methyl sites for hydroxylation is 2. The third-order valence-corrected chi connectivity index (χ3v) is 5.87. The maximum absolute atomic E-state index is 12.6. The lowest BCUT2D eigenvalue weighted by molar-refractivity contribution is -0.122. The Bertz CT molecular complexity index is 1140. The molecule has 0 spiro atoms. The van der Waals surface area contributed by atoms with Crippen LogP contribution < -0.4 is 14.8 Å². The number of carbonyl (C=O) groups excluding carboxylic acids is 1. The molecule has 0 saturated heterocycles. The normalized spacial score (nSPS) is 12.1. The summed E-state index contributed by atoms with van der Waals surface area (Å²) in [5, 5.41) is 2.74. The van der Waals surface area contributed by atoms with Crippen LogP contribution in [-0.4, -0.2) is 20.4 Å². The Hall–Kier alpha value is -3.32. The van der Waals surface area contributed by atoms with E-state index < -0.39 is 16.1 Å². The van der Waals surface area contributed by atoms with Gasteiger partial charge in [-0.3, -0.25) is 9.52 Å². The highest BCUT2D eigenvalue weighted by Gasteiger charge is 2.17. The van der Waals surface area contributed by atoms with Crippen molar-refractivity contribution in [3.63, 3.8) is 0 Å². The molecule has 3 rings (SSSR count). The van der Waals surface area contributed by atoms with Gasteiger partial charge < -0.3 is 10.1 Å². The van der Waals surface area contributed by atoms with Crippen LogP contribution in [0.3, 0.4) is 0 Å². The van der Waals surface area contributed by atoms with Gasteiger partial charge in [0.15, 0.2) is 6.10 Å². The number of carbonyl (C=O) groups is 1. The molecule has 7 heteroatoms. The Balaban J connectivity index is 1.65. The molecule has 0 aliphatic carbocycles. The van der Waals surface area contributed by atoms with E-state index in [2.05, 4.69) is 10.0 Å². The maximum Gasteiger partial charge on any atom is 0.265 e. The molecule has 30 heavy (non-hydrogen) atoms. The molecule has 3 aromatic carbocycles. The molecule has 0 bridgehead atoms. The molecule has 0 fully saturated rings. The van der Waals surface area contributed by atoms with E-state index in [0.29, 0.717) is 17.1 Å². The van der Waals surface area contributed by atoms with Gasteiger partial charge in [0.25, 0.3) is 15.9 Å². The third-order valence-electron chi connectivity index (χ3n) is 4.47. The fraction of sp³-hybridized carbons (Fsp3) is 0.174. The fourth-order valence-corrected chi connectivity index (χ4v) is 3.87. The maximum atomic E-state index is 12.6. The Morgan fingerprint density at radius 2 is 1.60 bits per heavy atom. The summed E-state index contributed by atoms with van der Waals surface area (Å²) in [6, 6.07) is 20.5. The van der Waals surface area contributed by atoms with E-state index >= 15 is 0 Å². The number of anilines is 2. The Morgan fingerprint density at radius 3 is 2.27 bits per heavy atom. The standard InChI is InChI=1S/C23H24N2O4S/c1-16-7-6-9-20(15-16)25-30(27,28)21-13-11-19(12-14-21)24-23(26)18(3)29-22-10-5-4-8-17(22)2/h4-15,18,25H,1-3H3,(H,24,26)/t18-/m0/s1. The Morgan fingerprint density at radius 1 is 0.900 bits per heavy atom. The van der Waals surface area contributed by atoms with Crippen LogP contribution in [0.2, 0.25) is 0 Å². The number of benzene rings is 3. The molecule has 6 nitrogen and oxygen atoms in total. The first-order valence-corrected chi connectivity index (χ1v) is 11.0. The minimum absolute atomic E-state index is 0.103. The molecule has 3 aromatic rings. The monoisotopic (exact) mass is 424 g/mol. The highest BCUT2D eigenvalue weighted by atomic mass is 32.2. The molecule has 1 atom stereocenters. The summed E-state index contributed by atoms with van der Waals surface area (Å²) in [7, 11) is -3.72. The number of hydrogen-bond acceptors (Lipinski definition) is 4. The van der Waals surface area contributed by atoms with Crippen LogP contribution in [0.4, 0.5) is 11.4 Å². The van der Waals surface area contributed by atoms with E-state index in [1.807, 2.05) is 38.1 Å². The zero-order chi connectivity index (χ0) is 21.7. The van der Waals surface area contributed by atoms with Gasteiger partial charge in [-0.15, -0.1) is 0 Å². The van der Waals surface area contributed by atoms with Gasteiger partial charge in [0.2, 0.25) is 0 Å². The molecular weight excluding hydrogens is 400 g/mol. The van der Waals surface area contributed by atoms with Crippen molar-refractivity contribution in [3.8, 4) is 5.75 Å². The van der Waals surface area contributed by atoms with E-state index in [-0.39, 0.29) is 10.8 Å². The minimum atomic E-state index is -3.72. The number of sulfonamides is 1. The summed E-state index contributed by atoms with van der Waals surface area (Å²) in [6.07, 6.45) is -0.711. The summed E-state index contributed by atoms with van der Waals surface area (Å²) in [5.41, 5.74) is 2.87. The highest BCUT2D eigenvalue weighted by molar-refractivity contribution is 7.92. The second-order valence-electron chi connectivity index (χ2n) is 7.01. The predicted molar refractivity (Wildman–Crippen MR) is 118 cm³/mol. The molecule has 0 heterocycles. The number of rotatable bonds is 7. The molecule has 1 amide bonds. The Labute approximate surface area is 177 Å². The molecule has 0 radical (unpaired) electrons. The summed E-state index contributed by atoms with van der Waals surface area (Å²) < 4.78 is 33.4. The SMILES string of the molecule is Cc1cccc(NS(=O)(=O)c2ccc(NC(=O)[C@H](C)Oc3ccccc3C)cc2)c1. The van der Waals surface area contributed by atoms with Crippen molar-refractivity contribution in [2.24, 2.45) is 0 Å². The number of hydrogen-bond donors (Lipinski definition) is 2. The lowest BCUT2D eigenvalue weighted by Crippen LogP contribution is -2.30. The van der Waals surface area contributed by atoms with E-state index in [4.69, 9.17) is 4.74 Å². The van der Waals surface area contributed by atoms with Crippen molar-refractivity contribution in [2.75, 3.05) is 10.0 Å². The second-order valence-corrected chi connectivity index (χ2v) is 8.70. The van der Waals surface area contributed by atoms with Crippen LogP contribution in [-0.2, 0) is 14.8 Å². The smallest absolute Gasteiger partial charge is 0.265 e. The van der Waals surface area contributed by atoms with Crippen LogP contribution in [0.15, 0.2) is 77.7 Å². The summed E-state index contributed by atoms with van der Waals surface area (Å²) >= 11 is 0. The molecule has 0 unspecified atom stereocenters. The van der Waals surface area contributed by atoms with Gasteiger partial charge in [-0.1, -0.05) is 30.3 Å². The van der Waals surface area contributed by atoms with Gasteiger partial charge in [0.1, 0.15) is 5.75 Å². The fourth-order valence-electron chi connectivity index (χ4n) is 2.82. The third kappa shape index (κ3) is 5.39. The average molecular weight is 425 g/mol. The van der Waals surface area contributed by atoms with Gasteiger partial charge in [0.05, 0.1) is 4.90 Å². The number of nitrogens with one attached hydrogen (secondary N) is 2. The molecule has 156 valence electrons. The first-order valence-electron chi connectivity index (χ1n) is 9.47. The number of ether oxygens (including phenoxy) is 1. The molecule has 0 aliphatic heterocycles. The molecular formula is C23H24N2O4S. The first kappa shape index (κ1) is 21.4. The van der Waals surface area contributed by atoms with Crippen LogP contribution >= 0.6 is 0 Å². The molecule has 0 aromatic heterocycles. The first-order chi connectivity index (χ1) is 14.2. The van der Waals surface area contributed by atoms with Crippen molar-refractivity contribution in [1.29, 1.82) is 0 Å². The molecule has 2 N–H and O–H groups in total. The lowest BCUT2D eigenvalue weighted by Gasteiger charge is -2.16. The highest BCUT2D eigenvalue weighted by Crippen LogP contribution is 2.20. The average Bonchev–Trinajstić information content (AvgIpc) is 2.70. The van der Waals surface area contributed by atoms with Crippen LogP contribution in [0.5, 0.6) is 5.75 Å². The van der Waals surface area contributed by atoms with Crippen LogP contribution in [0, 0.1) is 13.8 Å². The minimum Gasteiger partial charge on any atom is -0.481 e. The van der Waals surface area contributed by atoms with E-state index in [9.17, 15) is 13.2 Å². The predicted octanol–water partition coefficient (Wildman–Crippen LogP) is 4.51. The van der Waals surface area contributed by atoms with Gasteiger partial charge in [-0.05, 0) is 74.4 Å². The summed E-state index contributed by atoms with van der Waals surface area (Å²) in [6.45, 7) is 5.45. The van der Waals surface area contributed by atoms with Crippen molar-refractivity contribution in [1.82, 2.24) is 0 Å². The van der Waals surface area contributed by atoms with E-state index in [1.54, 1.807) is 43.3 Å². The van der Waals surface area contributed by atoms with E-state index in [0.717, 1.165) is 11.1 Å². The van der Waals surface area contributed by atoms with Crippen LogP contribution in [0.1, 0.15) is 18.1 Å². The summed E-state index contributed by atoms with van der Waals surface area (Å²) in [4.78, 5) is 12.5. The zero-order valence-corrected chi connectivity index (χ0v) is 17.9. The summed E-state index contributed by atoms with van der Waals surface area (Å²) in [5.74, 6) is 0.315. The number of para-hydroxylation sites is 1. The van der Waals surface area contributed by atoms with Gasteiger partial charge in [-0.2, -0.15) is 0 Å². The molecule has 0 aliphatic rings. The van der Waals surface area contributed by atoms with Crippen molar-refractivity contribution < 1.29 is 17.9 Å². The van der Waals surface area contributed by atoms with Gasteiger partial charge in [-0.25, -0.2) is 8.42 Å². The quantitative estimate of drug-likeness (QED) is 0.584. The van der Waals surface area contributed by atoms with Crippen molar-refractivity contribution >= 4 is 27.3 Å². The second kappa shape index (κ2) is 9.00. The van der Waals surface area contributed by atoms with E-state index in [1.165, 1.54) is 12.1 Å². The van der Waals surface area contributed by atoms with Crippen LogP contribution in [0.25, 0.3) is 0 Å². The zero-order valence-electron chi connectivity index (χ0n) is 17.0. The van der Waals surface area contributed by atoms with Crippen molar-refractivity contribution in [2.45, 2.75) is 31.8 Å².